The van der Waals surface area contributed by atoms with Crippen molar-refractivity contribution < 1.29 is 19.4 Å². The van der Waals surface area contributed by atoms with Gasteiger partial charge in [-0.1, -0.05) is 13.8 Å². The molecule has 2 aromatic rings. The number of likely N-dealkylation sites (N-methyl/N-ethyl adjacent to an activating group) is 1. The summed E-state index contributed by atoms with van der Waals surface area (Å²) in [6.07, 6.45) is 3.26. The molecule has 0 aliphatic carbocycles. The van der Waals surface area contributed by atoms with Crippen molar-refractivity contribution in [1.82, 2.24) is 14.8 Å². The second-order valence-corrected chi connectivity index (χ2v) is 7.94. The number of nitrogens with zero attached hydrogens (tertiary/aromatic N) is 3. The van der Waals surface area contributed by atoms with E-state index in [2.05, 4.69) is 23.7 Å². The van der Waals surface area contributed by atoms with Gasteiger partial charge < -0.3 is 19.6 Å². The SMILES string of the molecule is CCN(CC)CCN1C(=O)C(=O)/C(=C(/O)c2cc(C)c(OC)cc2C)C1c1ccncc1. The molecule has 1 unspecified atom stereocenters. The summed E-state index contributed by atoms with van der Waals surface area (Å²) in [5.74, 6) is -0.733. The van der Waals surface area contributed by atoms with E-state index in [0.29, 0.717) is 24.4 Å². The molecule has 1 saturated heterocycles. The van der Waals surface area contributed by atoms with Gasteiger partial charge in [-0.05, 0) is 67.9 Å². The lowest BCUT2D eigenvalue weighted by Crippen LogP contribution is -2.38. The highest BCUT2D eigenvalue weighted by Gasteiger charge is 2.46. The predicted octanol–water partition coefficient (Wildman–Crippen LogP) is 3.47. The Morgan fingerprint density at radius 2 is 1.78 bits per heavy atom. The molecule has 1 amide bonds. The van der Waals surface area contributed by atoms with Gasteiger partial charge in [0.05, 0.1) is 18.7 Å². The summed E-state index contributed by atoms with van der Waals surface area (Å²) in [7, 11) is 1.59. The van der Waals surface area contributed by atoms with E-state index >= 15 is 0 Å². The Kier molecular flexibility index (Phi) is 7.30. The molecule has 170 valence electrons. The van der Waals surface area contributed by atoms with Gasteiger partial charge >= 0.3 is 0 Å². The number of Topliss-reactive ketones (excluding diaryl/α,β-unsaturated/α-hetero) is 1. The molecule has 3 rings (SSSR count). The Bertz CT molecular complexity index is 1030. The van der Waals surface area contributed by atoms with Crippen LogP contribution in [-0.4, -0.2) is 64.9 Å². The Balaban J connectivity index is 2.13. The molecule has 0 saturated carbocycles. The summed E-state index contributed by atoms with van der Waals surface area (Å²) in [4.78, 5) is 34.0. The van der Waals surface area contributed by atoms with Gasteiger partial charge in [0.1, 0.15) is 11.5 Å². The number of amides is 1. The zero-order valence-electron chi connectivity index (χ0n) is 19.4. The maximum atomic E-state index is 13.2. The summed E-state index contributed by atoms with van der Waals surface area (Å²) in [5.41, 5.74) is 2.95. The fourth-order valence-electron chi connectivity index (χ4n) is 4.20. The standard InChI is InChI=1S/C25H31N3O4/c1-6-27(7-2)12-13-28-22(18-8-10-26-11-9-18)21(24(30)25(28)31)23(29)19-14-17(4)20(32-5)15-16(19)3/h8-11,14-15,22,29H,6-7,12-13H2,1-5H3/b23-21+. The molecular weight excluding hydrogens is 406 g/mol. The van der Waals surface area contributed by atoms with Crippen molar-refractivity contribution >= 4 is 17.4 Å². The number of aliphatic hydroxyl groups excluding tert-OH is 1. The number of carbonyl (C=O) groups is 2. The average molecular weight is 438 g/mol. The quantitative estimate of drug-likeness (QED) is 0.387. The van der Waals surface area contributed by atoms with E-state index in [-0.39, 0.29) is 11.3 Å². The van der Waals surface area contributed by atoms with Crippen LogP contribution < -0.4 is 4.74 Å². The van der Waals surface area contributed by atoms with Crippen LogP contribution in [0.25, 0.3) is 5.76 Å². The van der Waals surface area contributed by atoms with Crippen LogP contribution in [0.4, 0.5) is 0 Å². The van der Waals surface area contributed by atoms with Crippen molar-refractivity contribution in [3.05, 3.63) is 64.5 Å². The molecular formula is C25H31N3O4. The highest BCUT2D eigenvalue weighted by molar-refractivity contribution is 6.46. The van der Waals surface area contributed by atoms with Gasteiger partial charge in [0.25, 0.3) is 11.7 Å². The first-order valence-corrected chi connectivity index (χ1v) is 10.9. The normalized spacial score (nSPS) is 17.9. The summed E-state index contributed by atoms with van der Waals surface area (Å²) in [6, 6.07) is 6.50. The third-order valence-corrected chi connectivity index (χ3v) is 6.11. The van der Waals surface area contributed by atoms with E-state index < -0.39 is 17.7 Å². The third-order valence-electron chi connectivity index (χ3n) is 6.11. The maximum absolute atomic E-state index is 13.2. The highest BCUT2D eigenvalue weighted by atomic mass is 16.5. The summed E-state index contributed by atoms with van der Waals surface area (Å²) >= 11 is 0. The molecule has 1 fully saturated rings. The van der Waals surface area contributed by atoms with E-state index in [9.17, 15) is 14.7 Å². The van der Waals surface area contributed by atoms with Gasteiger partial charge in [0.2, 0.25) is 0 Å². The number of ketones is 1. The topological polar surface area (TPSA) is 83.0 Å². The fraction of sp³-hybridized carbons (Fsp3) is 0.400. The Hall–Kier alpha value is -3.19. The second-order valence-electron chi connectivity index (χ2n) is 7.94. The number of pyridine rings is 1. The average Bonchev–Trinajstić information content (AvgIpc) is 3.06. The van der Waals surface area contributed by atoms with E-state index in [1.165, 1.54) is 0 Å². The minimum atomic E-state index is -0.671. The number of aromatic nitrogens is 1. The Morgan fingerprint density at radius 3 is 2.38 bits per heavy atom. The van der Waals surface area contributed by atoms with Crippen molar-refractivity contribution in [2.24, 2.45) is 0 Å². The van der Waals surface area contributed by atoms with Crippen LogP contribution in [0, 0.1) is 13.8 Å². The summed E-state index contributed by atoms with van der Waals surface area (Å²) < 4.78 is 5.37. The van der Waals surface area contributed by atoms with Crippen LogP contribution in [0.2, 0.25) is 0 Å². The fourth-order valence-corrected chi connectivity index (χ4v) is 4.20. The van der Waals surface area contributed by atoms with Crippen LogP contribution in [-0.2, 0) is 9.59 Å². The number of methoxy groups -OCH3 is 1. The minimum Gasteiger partial charge on any atom is -0.507 e. The molecule has 0 radical (unpaired) electrons. The third kappa shape index (κ3) is 4.39. The molecule has 1 aliphatic heterocycles. The van der Waals surface area contributed by atoms with Crippen LogP contribution in [0.5, 0.6) is 5.75 Å². The molecule has 0 bridgehead atoms. The number of aliphatic hydroxyl groups is 1. The molecule has 32 heavy (non-hydrogen) atoms. The van der Waals surface area contributed by atoms with Gasteiger partial charge in [0, 0.05) is 31.0 Å². The van der Waals surface area contributed by atoms with E-state index in [4.69, 9.17) is 4.74 Å². The Labute approximate surface area is 189 Å². The number of hydrogen-bond acceptors (Lipinski definition) is 6. The van der Waals surface area contributed by atoms with Gasteiger partial charge in [-0.2, -0.15) is 0 Å². The van der Waals surface area contributed by atoms with Crippen molar-refractivity contribution in [2.75, 3.05) is 33.3 Å². The monoisotopic (exact) mass is 437 g/mol. The summed E-state index contributed by atoms with van der Waals surface area (Å²) in [6.45, 7) is 10.6. The van der Waals surface area contributed by atoms with Gasteiger partial charge in [-0.3, -0.25) is 14.6 Å². The number of likely N-dealkylation sites (tertiary alicyclic amines) is 1. The zero-order chi connectivity index (χ0) is 23.4. The first-order valence-electron chi connectivity index (χ1n) is 10.9. The van der Waals surface area contributed by atoms with Crippen molar-refractivity contribution in [2.45, 2.75) is 33.7 Å². The number of carbonyl (C=O) groups excluding carboxylic acids is 2. The van der Waals surface area contributed by atoms with Gasteiger partial charge in [-0.25, -0.2) is 0 Å². The molecule has 0 spiro atoms. The van der Waals surface area contributed by atoms with Crippen molar-refractivity contribution in [3.63, 3.8) is 0 Å². The lowest BCUT2D eigenvalue weighted by atomic mass is 9.93. The second kappa shape index (κ2) is 9.96. The van der Waals surface area contributed by atoms with Crippen LogP contribution in [0.15, 0.2) is 42.2 Å². The number of ether oxygens (including phenoxy) is 1. The van der Waals surface area contributed by atoms with Gasteiger partial charge in [0.15, 0.2) is 0 Å². The van der Waals surface area contributed by atoms with Crippen LogP contribution in [0.1, 0.15) is 42.1 Å². The molecule has 1 atom stereocenters. The first kappa shape index (κ1) is 23.5. The molecule has 7 nitrogen and oxygen atoms in total. The molecule has 1 aromatic heterocycles. The maximum Gasteiger partial charge on any atom is 0.295 e. The predicted molar refractivity (Wildman–Crippen MR) is 124 cm³/mol. The van der Waals surface area contributed by atoms with E-state index in [1.54, 1.807) is 42.6 Å². The molecule has 7 heteroatoms. The largest absolute Gasteiger partial charge is 0.507 e. The number of aryl methyl sites for hydroxylation is 2. The smallest absolute Gasteiger partial charge is 0.295 e. The minimum absolute atomic E-state index is 0.105. The first-order chi connectivity index (χ1) is 15.3. The highest BCUT2D eigenvalue weighted by Crippen LogP contribution is 2.40. The number of hydrogen-bond donors (Lipinski definition) is 1. The van der Waals surface area contributed by atoms with Crippen LogP contribution >= 0.6 is 0 Å². The van der Waals surface area contributed by atoms with Crippen molar-refractivity contribution in [1.29, 1.82) is 0 Å². The Morgan fingerprint density at radius 1 is 1.12 bits per heavy atom. The van der Waals surface area contributed by atoms with Gasteiger partial charge in [-0.15, -0.1) is 0 Å². The number of rotatable bonds is 8. The number of benzene rings is 1. The zero-order valence-corrected chi connectivity index (χ0v) is 19.4. The lowest BCUT2D eigenvalue weighted by Gasteiger charge is -2.28. The van der Waals surface area contributed by atoms with Crippen molar-refractivity contribution in [3.8, 4) is 5.75 Å². The molecule has 1 aromatic carbocycles. The summed E-state index contributed by atoms with van der Waals surface area (Å²) in [5, 5.41) is 11.3. The molecule has 1 aliphatic rings. The van der Waals surface area contributed by atoms with E-state index in [1.807, 2.05) is 19.9 Å². The lowest BCUT2D eigenvalue weighted by molar-refractivity contribution is -0.140. The van der Waals surface area contributed by atoms with Crippen LogP contribution in [0.3, 0.4) is 0 Å². The molecule has 2 heterocycles. The molecule has 1 N–H and O–H groups in total. The van der Waals surface area contributed by atoms with E-state index in [0.717, 1.165) is 29.8 Å².